The first-order chi connectivity index (χ1) is 7.27. The molecule has 0 N–H and O–H groups in total. The molecule has 0 aliphatic heterocycles. The van der Waals surface area contributed by atoms with Crippen LogP contribution in [-0.4, -0.2) is 4.98 Å². The van der Waals surface area contributed by atoms with Crippen LogP contribution in [0.5, 0.6) is 0 Å². The molecule has 1 aromatic heterocycles. The predicted octanol–water partition coefficient (Wildman–Crippen LogP) is 4.43. The Morgan fingerprint density at radius 2 is 1.88 bits per heavy atom. The molecule has 1 rings (SSSR count). The van der Waals surface area contributed by atoms with Gasteiger partial charge in [-0.2, -0.15) is 13.2 Å². The second kappa shape index (κ2) is 4.71. The van der Waals surface area contributed by atoms with E-state index in [-0.39, 0.29) is 16.6 Å². The largest absolute Gasteiger partial charge is 0.433 e. The van der Waals surface area contributed by atoms with Crippen molar-refractivity contribution >= 4 is 23.2 Å². The minimum absolute atomic E-state index is 0.278. The van der Waals surface area contributed by atoms with E-state index in [1.54, 1.807) is 0 Å². The summed E-state index contributed by atoms with van der Waals surface area (Å²) in [7, 11) is 0. The van der Waals surface area contributed by atoms with Crippen LogP contribution in [-0.2, 0) is 12.1 Å². The molecule has 0 bridgehead atoms. The summed E-state index contributed by atoms with van der Waals surface area (Å²) in [5.41, 5.74) is -3.17. The lowest BCUT2D eigenvalue weighted by molar-refractivity contribution is -0.143. The maximum absolute atomic E-state index is 12.4. The molecule has 8 heteroatoms. The molecule has 0 radical (unpaired) electrons. The van der Waals surface area contributed by atoms with Crippen molar-refractivity contribution in [3.63, 3.8) is 0 Å². The molecule has 1 nitrogen and oxygen atoms in total. The second-order valence-corrected chi connectivity index (χ2v) is 3.46. The van der Waals surface area contributed by atoms with Gasteiger partial charge in [0, 0.05) is 0 Å². The highest BCUT2D eigenvalue weighted by atomic mass is 35.5. The molecule has 90 valence electrons. The van der Waals surface area contributed by atoms with Gasteiger partial charge in [-0.3, -0.25) is 0 Å². The van der Waals surface area contributed by atoms with E-state index in [2.05, 4.69) is 4.98 Å². The van der Waals surface area contributed by atoms with Crippen molar-refractivity contribution in [2.45, 2.75) is 18.5 Å². The Bertz CT molecular complexity index is 391. The van der Waals surface area contributed by atoms with Crippen molar-refractivity contribution in [2.75, 3.05) is 0 Å². The second-order valence-electron chi connectivity index (χ2n) is 2.79. The fraction of sp³-hybridized carbons (Fsp3) is 0.375. The fourth-order valence-electron chi connectivity index (χ4n) is 1.03. The normalized spacial score (nSPS) is 12.2. The summed E-state index contributed by atoms with van der Waals surface area (Å²) >= 11 is 10.7. The van der Waals surface area contributed by atoms with E-state index in [1.807, 2.05) is 0 Å². The Kier molecular flexibility index (Phi) is 3.96. The average molecular weight is 280 g/mol. The summed E-state index contributed by atoms with van der Waals surface area (Å²) in [5.74, 6) is -0.384. The highest BCUT2D eigenvalue weighted by Gasteiger charge is 2.38. The Morgan fingerprint density at radius 1 is 1.31 bits per heavy atom. The standard InChI is InChI=1S/C8H4Cl2F5N/c9-2-5-4(10)1-3(7(11)12)6(16-5)8(13,14)15/h1,7H,2H2. The Balaban J connectivity index is 3.43. The molecule has 0 aromatic carbocycles. The van der Waals surface area contributed by atoms with Crippen LogP contribution in [0.3, 0.4) is 0 Å². The molecular formula is C8H4Cl2F5N. The molecule has 0 unspecified atom stereocenters. The quantitative estimate of drug-likeness (QED) is 0.576. The zero-order chi connectivity index (χ0) is 12.5. The summed E-state index contributed by atoms with van der Waals surface area (Å²) in [6.45, 7) is 0. The number of hydrogen-bond donors (Lipinski definition) is 0. The van der Waals surface area contributed by atoms with Gasteiger partial charge in [0.25, 0.3) is 6.43 Å². The SMILES string of the molecule is FC(F)c1cc(Cl)c(CCl)nc1C(F)(F)F. The van der Waals surface area contributed by atoms with Crippen LogP contribution in [0.2, 0.25) is 5.02 Å². The van der Waals surface area contributed by atoms with Crippen molar-refractivity contribution in [1.82, 2.24) is 4.98 Å². The smallest absolute Gasteiger partial charge is 0.245 e. The predicted molar refractivity (Wildman–Crippen MR) is 48.8 cm³/mol. The minimum atomic E-state index is -4.96. The van der Waals surface area contributed by atoms with Crippen LogP contribution in [0.25, 0.3) is 0 Å². The van der Waals surface area contributed by atoms with Crippen molar-refractivity contribution in [1.29, 1.82) is 0 Å². The highest BCUT2D eigenvalue weighted by molar-refractivity contribution is 6.32. The molecule has 0 aliphatic carbocycles. The van der Waals surface area contributed by atoms with Gasteiger partial charge < -0.3 is 0 Å². The van der Waals surface area contributed by atoms with Gasteiger partial charge >= 0.3 is 6.18 Å². The number of pyridine rings is 1. The van der Waals surface area contributed by atoms with E-state index in [4.69, 9.17) is 23.2 Å². The molecule has 1 aromatic rings. The zero-order valence-electron chi connectivity index (χ0n) is 7.45. The maximum Gasteiger partial charge on any atom is 0.433 e. The van der Waals surface area contributed by atoms with Crippen LogP contribution in [0.15, 0.2) is 6.07 Å². The van der Waals surface area contributed by atoms with E-state index < -0.39 is 23.9 Å². The van der Waals surface area contributed by atoms with Crippen LogP contribution < -0.4 is 0 Å². The maximum atomic E-state index is 12.4. The third kappa shape index (κ3) is 2.74. The summed E-state index contributed by atoms with van der Waals surface area (Å²) in [6, 6.07) is 0.541. The van der Waals surface area contributed by atoms with Gasteiger partial charge in [0.1, 0.15) is 0 Å². The van der Waals surface area contributed by atoms with Crippen LogP contribution in [0.1, 0.15) is 23.4 Å². The van der Waals surface area contributed by atoms with Crippen molar-refractivity contribution in [3.8, 4) is 0 Å². The number of halogens is 7. The van der Waals surface area contributed by atoms with E-state index in [9.17, 15) is 22.0 Å². The number of aromatic nitrogens is 1. The van der Waals surface area contributed by atoms with Crippen LogP contribution in [0, 0.1) is 0 Å². The molecule has 1 heterocycles. The van der Waals surface area contributed by atoms with E-state index in [0.29, 0.717) is 6.07 Å². The van der Waals surface area contributed by atoms with Crippen molar-refractivity contribution in [3.05, 3.63) is 28.0 Å². The molecule has 0 saturated carbocycles. The first-order valence-electron chi connectivity index (χ1n) is 3.88. The van der Waals surface area contributed by atoms with Gasteiger partial charge in [-0.25, -0.2) is 13.8 Å². The lowest BCUT2D eigenvalue weighted by Crippen LogP contribution is -2.14. The third-order valence-corrected chi connectivity index (χ3v) is 2.29. The topological polar surface area (TPSA) is 12.9 Å². The van der Waals surface area contributed by atoms with Gasteiger partial charge in [-0.15, -0.1) is 11.6 Å². The lowest BCUT2D eigenvalue weighted by Gasteiger charge is -2.13. The van der Waals surface area contributed by atoms with Crippen molar-refractivity contribution in [2.24, 2.45) is 0 Å². The Morgan fingerprint density at radius 3 is 2.25 bits per heavy atom. The summed E-state index contributed by atoms with van der Waals surface area (Å²) in [4.78, 5) is 3.01. The molecule has 0 saturated heterocycles. The first kappa shape index (κ1) is 13.4. The fourth-order valence-corrected chi connectivity index (χ4v) is 1.53. The molecule has 0 aliphatic rings. The Hall–Kier alpha value is -0.620. The number of alkyl halides is 6. The monoisotopic (exact) mass is 279 g/mol. The van der Waals surface area contributed by atoms with Gasteiger partial charge in [-0.05, 0) is 6.07 Å². The van der Waals surface area contributed by atoms with Gasteiger partial charge in [-0.1, -0.05) is 11.6 Å². The molecule has 0 amide bonds. The van der Waals surface area contributed by atoms with Gasteiger partial charge in [0.05, 0.1) is 22.2 Å². The average Bonchev–Trinajstić information content (AvgIpc) is 2.15. The zero-order valence-corrected chi connectivity index (χ0v) is 8.97. The third-order valence-electron chi connectivity index (χ3n) is 1.71. The minimum Gasteiger partial charge on any atom is -0.245 e. The lowest BCUT2D eigenvalue weighted by atomic mass is 10.1. The first-order valence-corrected chi connectivity index (χ1v) is 4.79. The number of rotatable bonds is 2. The highest BCUT2D eigenvalue weighted by Crippen LogP contribution is 2.37. The molecule has 0 fully saturated rings. The number of nitrogens with zero attached hydrogens (tertiary/aromatic N) is 1. The Labute approximate surface area is 97.2 Å². The van der Waals surface area contributed by atoms with E-state index in [0.717, 1.165) is 0 Å². The summed E-state index contributed by atoms with van der Waals surface area (Å²) in [6.07, 6.45) is -8.26. The molecule has 0 spiro atoms. The van der Waals surface area contributed by atoms with E-state index in [1.165, 1.54) is 0 Å². The van der Waals surface area contributed by atoms with E-state index >= 15 is 0 Å². The molecular weight excluding hydrogens is 276 g/mol. The molecule has 0 atom stereocenters. The molecule has 16 heavy (non-hydrogen) atoms. The van der Waals surface area contributed by atoms with Crippen LogP contribution >= 0.6 is 23.2 Å². The van der Waals surface area contributed by atoms with Gasteiger partial charge in [0.15, 0.2) is 5.69 Å². The summed E-state index contributed by atoms with van der Waals surface area (Å²) < 4.78 is 61.8. The van der Waals surface area contributed by atoms with Crippen LogP contribution in [0.4, 0.5) is 22.0 Å². The summed E-state index contributed by atoms with van der Waals surface area (Å²) in [5, 5.41) is -0.307. The van der Waals surface area contributed by atoms with Crippen molar-refractivity contribution < 1.29 is 22.0 Å². The van der Waals surface area contributed by atoms with Gasteiger partial charge in [0.2, 0.25) is 0 Å². The number of hydrogen-bond acceptors (Lipinski definition) is 1.